The summed E-state index contributed by atoms with van der Waals surface area (Å²) >= 11 is 0. The van der Waals surface area contributed by atoms with Gasteiger partial charge in [0.15, 0.2) is 11.2 Å². The van der Waals surface area contributed by atoms with Gasteiger partial charge in [0.2, 0.25) is 5.91 Å². The SMILES string of the molecule is Cc1cccc(NC(=O)Cn2cnc3c(nnn3Cc3cccc(F)c3)c2=O)c1C. The number of halogens is 1. The average molecular weight is 406 g/mol. The fourth-order valence-electron chi connectivity index (χ4n) is 3.15. The minimum atomic E-state index is -0.471. The second-order valence-electron chi connectivity index (χ2n) is 7.02. The summed E-state index contributed by atoms with van der Waals surface area (Å²) in [4.78, 5) is 29.4. The first-order chi connectivity index (χ1) is 14.4. The van der Waals surface area contributed by atoms with Crippen LogP contribution in [0.1, 0.15) is 16.7 Å². The van der Waals surface area contributed by atoms with Crippen molar-refractivity contribution in [2.45, 2.75) is 26.9 Å². The van der Waals surface area contributed by atoms with E-state index in [1.54, 1.807) is 12.1 Å². The van der Waals surface area contributed by atoms with Gasteiger partial charge in [0.05, 0.1) is 6.54 Å². The quantitative estimate of drug-likeness (QED) is 0.549. The predicted molar refractivity (Wildman–Crippen MR) is 110 cm³/mol. The van der Waals surface area contributed by atoms with Crippen LogP contribution in [0.25, 0.3) is 11.2 Å². The molecule has 2 aromatic carbocycles. The van der Waals surface area contributed by atoms with Crippen molar-refractivity contribution in [1.29, 1.82) is 0 Å². The Kier molecular flexibility index (Phi) is 5.09. The molecule has 2 heterocycles. The monoisotopic (exact) mass is 406 g/mol. The molecule has 0 aliphatic carbocycles. The van der Waals surface area contributed by atoms with Crippen LogP contribution in [-0.4, -0.2) is 30.5 Å². The van der Waals surface area contributed by atoms with Gasteiger partial charge in [-0.15, -0.1) is 5.10 Å². The summed E-state index contributed by atoms with van der Waals surface area (Å²) in [5.41, 5.74) is 3.24. The number of aromatic nitrogens is 5. The maximum absolute atomic E-state index is 13.4. The zero-order chi connectivity index (χ0) is 21.3. The van der Waals surface area contributed by atoms with Crippen LogP contribution in [0, 0.1) is 19.7 Å². The molecule has 0 aliphatic rings. The predicted octanol–water partition coefficient (Wildman–Crippen LogP) is 2.43. The van der Waals surface area contributed by atoms with Gasteiger partial charge in [-0.2, -0.15) is 0 Å². The van der Waals surface area contributed by atoms with E-state index < -0.39 is 5.56 Å². The first kappa shape index (κ1) is 19.4. The number of fused-ring (bicyclic) bond motifs is 1. The molecule has 30 heavy (non-hydrogen) atoms. The molecule has 0 saturated carbocycles. The Bertz CT molecular complexity index is 1310. The molecule has 0 aliphatic heterocycles. The van der Waals surface area contributed by atoms with Crippen LogP contribution in [0.2, 0.25) is 0 Å². The topological polar surface area (TPSA) is 94.7 Å². The number of nitrogens with one attached hydrogen (secondary N) is 1. The maximum Gasteiger partial charge on any atom is 0.283 e. The third-order valence-electron chi connectivity index (χ3n) is 4.91. The number of amides is 1. The second kappa shape index (κ2) is 7.86. The summed E-state index contributed by atoms with van der Waals surface area (Å²) in [5.74, 6) is -0.707. The van der Waals surface area contributed by atoms with Crippen LogP contribution < -0.4 is 10.9 Å². The van der Waals surface area contributed by atoms with Crippen molar-refractivity contribution in [3.05, 3.63) is 81.7 Å². The zero-order valence-corrected chi connectivity index (χ0v) is 16.5. The molecule has 1 amide bonds. The number of aryl methyl sites for hydroxylation is 1. The molecular formula is C21H19FN6O2. The van der Waals surface area contributed by atoms with Crippen LogP contribution in [0.15, 0.2) is 53.6 Å². The lowest BCUT2D eigenvalue weighted by molar-refractivity contribution is -0.116. The Morgan fingerprint density at radius 3 is 2.77 bits per heavy atom. The van der Waals surface area contributed by atoms with Crippen molar-refractivity contribution in [2.75, 3.05) is 5.32 Å². The Morgan fingerprint density at radius 1 is 1.17 bits per heavy atom. The van der Waals surface area contributed by atoms with E-state index in [0.29, 0.717) is 11.3 Å². The number of hydrogen-bond donors (Lipinski definition) is 1. The first-order valence-electron chi connectivity index (χ1n) is 9.31. The van der Waals surface area contributed by atoms with E-state index in [1.807, 2.05) is 32.0 Å². The highest BCUT2D eigenvalue weighted by molar-refractivity contribution is 5.91. The van der Waals surface area contributed by atoms with Crippen LogP contribution in [0.3, 0.4) is 0 Å². The zero-order valence-electron chi connectivity index (χ0n) is 16.5. The van der Waals surface area contributed by atoms with Crippen molar-refractivity contribution in [3.63, 3.8) is 0 Å². The molecule has 0 spiro atoms. The normalized spacial score (nSPS) is 11.0. The lowest BCUT2D eigenvalue weighted by Crippen LogP contribution is -2.28. The van der Waals surface area contributed by atoms with Gasteiger partial charge in [0, 0.05) is 5.69 Å². The summed E-state index contributed by atoms with van der Waals surface area (Å²) in [7, 11) is 0. The highest BCUT2D eigenvalue weighted by Crippen LogP contribution is 2.18. The summed E-state index contributed by atoms with van der Waals surface area (Å²) in [6.07, 6.45) is 1.29. The Labute approximate surface area is 171 Å². The van der Waals surface area contributed by atoms with Gasteiger partial charge in [-0.05, 0) is 48.7 Å². The lowest BCUT2D eigenvalue weighted by Gasteiger charge is -2.11. The highest BCUT2D eigenvalue weighted by Gasteiger charge is 2.15. The average Bonchev–Trinajstić information content (AvgIpc) is 3.11. The molecule has 0 radical (unpaired) electrons. The van der Waals surface area contributed by atoms with Gasteiger partial charge >= 0.3 is 0 Å². The fraction of sp³-hybridized carbons (Fsp3) is 0.190. The molecule has 1 N–H and O–H groups in total. The smallest absolute Gasteiger partial charge is 0.283 e. The fourth-order valence-corrected chi connectivity index (χ4v) is 3.15. The van der Waals surface area contributed by atoms with Crippen LogP contribution in [0.5, 0.6) is 0 Å². The molecule has 0 bridgehead atoms. The van der Waals surface area contributed by atoms with Gasteiger partial charge in [-0.25, -0.2) is 14.1 Å². The van der Waals surface area contributed by atoms with Crippen LogP contribution in [0.4, 0.5) is 10.1 Å². The third-order valence-corrected chi connectivity index (χ3v) is 4.91. The summed E-state index contributed by atoms with van der Waals surface area (Å²) in [5, 5.41) is 10.7. The molecule has 0 atom stereocenters. The van der Waals surface area contributed by atoms with Gasteiger partial charge in [0.1, 0.15) is 18.7 Å². The largest absolute Gasteiger partial charge is 0.324 e. The number of hydrogen-bond acceptors (Lipinski definition) is 5. The Morgan fingerprint density at radius 2 is 1.97 bits per heavy atom. The summed E-state index contributed by atoms with van der Waals surface area (Å²) < 4.78 is 16.0. The molecule has 8 nitrogen and oxygen atoms in total. The van der Waals surface area contributed by atoms with E-state index >= 15 is 0 Å². The van der Waals surface area contributed by atoms with Gasteiger partial charge in [0.25, 0.3) is 5.56 Å². The summed E-state index contributed by atoms with van der Waals surface area (Å²) in [6, 6.07) is 11.7. The number of nitrogens with zero attached hydrogens (tertiary/aromatic N) is 5. The third kappa shape index (κ3) is 3.82. The molecule has 4 aromatic rings. The maximum atomic E-state index is 13.4. The van der Waals surface area contributed by atoms with Gasteiger partial charge in [-0.3, -0.25) is 14.2 Å². The van der Waals surface area contributed by atoms with Crippen molar-refractivity contribution < 1.29 is 9.18 Å². The molecule has 0 unspecified atom stereocenters. The minimum absolute atomic E-state index is 0.0495. The van der Waals surface area contributed by atoms with E-state index in [4.69, 9.17) is 0 Å². The van der Waals surface area contributed by atoms with Crippen LogP contribution in [-0.2, 0) is 17.9 Å². The molecule has 4 rings (SSSR count). The van der Waals surface area contributed by atoms with Crippen molar-refractivity contribution >= 4 is 22.8 Å². The standard InChI is InChI=1S/C21H19FN6O2/c1-13-5-3-8-17(14(13)2)24-18(29)11-27-12-23-20-19(21(27)30)25-26-28(20)10-15-6-4-7-16(22)9-15/h3-9,12H,10-11H2,1-2H3,(H,24,29). The first-order valence-corrected chi connectivity index (χ1v) is 9.31. The molecule has 0 fully saturated rings. The van der Waals surface area contributed by atoms with Gasteiger partial charge in [-0.1, -0.05) is 29.5 Å². The summed E-state index contributed by atoms with van der Waals surface area (Å²) in [6.45, 7) is 3.89. The lowest BCUT2D eigenvalue weighted by atomic mass is 10.1. The second-order valence-corrected chi connectivity index (χ2v) is 7.02. The Hall–Kier alpha value is -3.88. The molecule has 152 valence electrons. The van der Waals surface area contributed by atoms with Crippen molar-refractivity contribution in [1.82, 2.24) is 24.5 Å². The number of carbonyl (C=O) groups is 1. The van der Waals surface area contributed by atoms with Crippen LogP contribution >= 0.6 is 0 Å². The van der Waals surface area contributed by atoms with E-state index in [9.17, 15) is 14.0 Å². The molecule has 0 saturated heterocycles. The van der Waals surface area contributed by atoms with E-state index in [-0.39, 0.29) is 36.0 Å². The molecule has 2 aromatic heterocycles. The van der Waals surface area contributed by atoms with Crippen molar-refractivity contribution in [3.8, 4) is 0 Å². The van der Waals surface area contributed by atoms with E-state index in [1.165, 1.54) is 27.7 Å². The number of benzene rings is 2. The molecule has 9 heteroatoms. The van der Waals surface area contributed by atoms with Gasteiger partial charge < -0.3 is 5.32 Å². The minimum Gasteiger partial charge on any atom is -0.324 e. The molecular weight excluding hydrogens is 387 g/mol. The van der Waals surface area contributed by atoms with Crippen molar-refractivity contribution in [2.24, 2.45) is 0 Å². The number of anilines is 1. The number of rotatable bonds is 5. The van der Waals surface area contributed by atoms with E-state index in [2.05, 4.69) is 20.6 Å². The van der Waals surface area contributed by atoms with E-state index in [0.717, 1.165) is 11.1 Å². The Balaban J connectivity index is 1.56. The number of carbonyl (C=O) groups excluding carboxylic acids is 1. The highest BCUT2D eigenvalue weighted by atomic mass is 19.1.